The number of carbonyl (C=O) groups is 1. The van der Waals surface area contributed by atoms with Gasteiger partial charge >= 0.3 is 0 Å². The Kier molecular flexibility index (Phi) is 8.30. The number of guanidine groups is 1. The number of rotatable bonds is 7. The Labute approximate surface area is 179 Å². The zero-order valence-electron chi connectivity index (χ0n) is 15.4. The number of aromatic amines is 1. The number of halogens is 2. The summed E-state index contributed by atoms with van der Waals surface area (Å²) in [5.41, 5.74) is 1.87. The summed E-state index contributed by atoms with van der Waals surface area (Å²) in [5, 5.41) is 9.88. The van der Waals surface area contributed by atoms with Crippen LogP contribution < -0.4 is 16.0 Å². The SMILES string of the molecule is CN=C(NCCc1c[nH]c2cc(F)ccc12)NCC(=O)NCc1ccco1.I. The maximum atomic E-state index is 13.2. The number of aliphatic imine (C=N–C) groups is 1. The van der Waals surface area contributed by atoms with Crippen molar-refractivity contribution in [2.75, 3.05) is 20.1 Å². The fourth-order valence-corrected chi connectivity index (χ4v) is 2.73. The molecule has 2 heterocycles. The molecule has 1 amide bonds. The van der Waals surface area contributed by atoms with Gasteiger partial charge in [-0.2, -0.15) is 0 Å². The van der Waals surface area contributed by atoms with Crippen LogP contribution in [0.4, 0.5) is 4.39 Å². The molecule has 0 aliphatic carbocycles. The lowest BCUT2D eigenvalue weighted by atomic mass is 10.1. The molecule has 3 aromatic rings. The second-order valence-electron chi connectivity index (χ2n) is 5.96. The number of nitrogens with one attached hydrogen (secondary N) is 4. The first kappa shape index (κ1) is 21.7. The molecule has 0 aliphatic heterocycles. The van der Waals surface area contributed by atoms with Gasteiger partial charge in [0.2, 0.25) is 5.91 Å². The van der Waals surface area contributed by atoms with E-state index in [1.807, 2.05) is 6.20 Å². The second kappa shape index (κ2) is 10.7. The van der Waals surface area contributed by atoms with Gasteiger partial charge in [-0.3, -0.25) is 9.79 Å². The van der Waals surface area contributed by atoms with Crippen LogP contribution in [0.2, 0.25) is 0 Å². The van der Waals surface area contributed by atoms with E-state index in [0.29, 0.717) is 24.8 Å². The lowest BCUT2D eigenvalue weighted by molar-refractivity contribution is -0.120. The first-order valence-electron chi connectivity index (χ1n) is 8.65. The van der Waals surface area contributed by atoms with Crippen LogP contribution in [0.1, 0.15) is 11.3 Å². The average molecular weight is 499 g/mol. The van der Waals surface area contributed by atoms with E-state index in [0.717, 1.165) is 22.9 Å². The van der Waals surface area contributed by atoms with E-state index in [1.54, 1.807) is 31.5 Å². The van der Waals surface area contributed by atoms with Crippen LogP contribution in [0.3, 0.4) is 0 Å². The van der Waals surface area contributed by atoms with Crippen molar-refractivity contribution < 1.29 is 13.6 Å². The maximum absolute atomic E-state index is 13.2. The van der Waals surface area contributed by atoms with E-state index in [-0.39, 0.29) is 42.2 Å². The summed E-state index contributed by atoms with van der Waals surface area (Å²) in [5.74, 6) is 0.815. The highest BCUT2D eigenvalue weighted by Crippen LogP contribution is 2.19. The predicted molar refractivity (Wildman–Crippen MR) is 117 cm³/mol. The van der Waals surface area contributed by atoms with Crippen LogP contribution in [0.15, 0.2) is 52.2 Å². The molecule has 0 bridgehead atoms. The van der Waals surface area contributed by atoms with E-state index in [9.17, 15) is 9.18 Å². The van der Waals surface area contributed by atoms with Crippen molar-refractivity contribution in [3.05, 3.63) is 59.9 Å². The molecule has 0 atom stereocenters. The Bertz CT molecular complexity index is 924. The number of H-pyrrole nitrogens is 1. The fourth-order valence-electron chi connectivity index (χ4n) is 2.73. The van der Waals surface area contributed by atoms with E-state index in [1.165, 1.54) is 12.1 Å². The van der Waals surface area contributed by atoms with Crippen molar-refractivity contribution >= 4 is 46.7 Å². The maximum Gasteiger partial charge on any atom is 0.239 e. The van der Waals surface area contributed by atoms with E-state index < -0.39 is 0 Å². The Balaban J connectivity index is 0.00000280. The molecule has 150 valence electrons. The molecule has 9 heteroatoms. The van der Waals surface area contributed by atoms with Crippen LogP contribution in [-0.2, 0) is 17.8 Å². The molecule has 0 saturated carbocycles. The smallest absolute Gasteiger partial charge is 0.239 e. The molecule has 0 aliphatic rings. The number of fused-ring (bicyclic) bond motifs is 1. The highest BCUT2D eigenvalue weighted by atomic mass is 127. The number of amides is 1. The first-order valence-corrected chi connectivity index (χ1v) is 8.65. The van der Waals surface area contributed by atoms with Gasteiger partial charge in [0.1, 0.15) is 11.6 Å². The normalized spacial score (nSPS) is 11.1. The van der Waals surface area contributed by atoms with Crippen LogP contribution in [0.25, 0.3) is 10.9 Å². The average Bonchev–Trinajstić information content (AvgIpc) is 3.32. The lowest BCUT2D eigenvalue weighted by Gasteiger charge is -2.11. The van der Waals surface area contributed by atoms with Crippen LogP contribution in [-0.4, -0.2) is 37.0 Å². The fraction of sp³-hybridized carbons (Fsp3) is 0.263. The second-order valence-corrected chi connectivity index (χ2v) is 5.96. The molecular formula is C19H23FIN5O2. The van der Waals surface area contributed by atoms with Gasteiger partial charge in [-0.05, 0) is 42.3 Å². The molecule has 0 fully saturated rings. The summed E-state index contributed by atoms with van der Waals surface area (Å²) >= 11 is 0. The van der Waals surface area contributed by atoms with E-state index in [4.69, 9.17) is 4.42 Å². The number of nitrogens with zero attached hydrogens (tertiary/aromatic N) is 1. The number of benzene rings is 1. The van der Waals surface area contributed by atoms with Crippen LogP contribution >= 0.6 is 24.0 Å². The molecular weight excluding hydrogens is 476 g/mol. The van der Waals surface area contributed by atoms with Crippen LogP contribution in [0, 0.1) is 5.82 Å². The van der Waals surface area contributed by atoms with Gasteiger partial charge in [0.15, 0.2) is 5.96 Å². The summed E-state index contributed by atoms with van der Waals surface area (Å²) in [6.07, 6.45) is 4.18. The molecule has 0 saturated heterocycles. The molecule has 0 radical (unpaired) electrons. The van der Waals surface area contributed by atoms with Crippen molar-refractivity contribution in [2.24, 2.45) is 4.99 Å². The van der Waals surface area contributed by atoms with E-state index in [2.05, 4.69) is 25.9 Å². The summed E-state index contributed by atoms with van der Waals surface area (Å²) in [7, 11) is 1.64. The third-order valence-electron chi connectivity index (χ3n) is 4.10. The lowest BCUT2D eigenvalue weighted by Crippen LogP contribution is -2.43. The van der Waals surface area contributed by atoms with Crippen molar-refractivity contribution in [3.8, 4) is 0 Å². The first-order chi connectivity index (χ1) is 13.2. The van der Waals surface area contributed by atoms with Gasteiger partial charge in [0, 0.05) is 30.7 Å². The van der Waals surface area contributed by atoms with Gasteiger partial charge in [0.25, 0.3) is 0 Å². The molecule has 0 spiro atoms. The molecule has 28 heavy (non-hydrogen) atoms. The summed E-state index contributed by atoms with van der Waals surface area (Å²) < 4.78 is 18.4. The van der Waals surface area contributed by atoms with Crippen LogP contribution in [0.5, 0.6) is 0 Å². The molecule has 7 nitrogen and oxygen atoms in total. The molecule has 4 N–H and O–H groups in total. The monoisotopic (exact) mass is 499 g/mol. The van der Waals surface area contributed by atoms with Gasteiger partial charge in [-0.25, -0.2) is 4.39 Å². The minimum absolute atomic E-state index is 0. The van der Waals surface area contributed by atoms with E-state index >= 15 is 0 Å². The highest BCUT2D eigenvalue weighted by molar-refractivity contribution is 14.0. The zero-order valence-corrected chi connectivity index (χ0v) is 17.8. The van der Waals surface area contributed by atoms with Crippen molar-refractivity contribution in [2.45, 2.75) is 13.0 Å². The Morgan fingerprint density at radius 2 is 2.11 bits per heavy atom. The Morgan fingerprint density at radius 1 is 1.25 bits per heavy atom. The van der Waals surface area contributed by atoms with Gasteiger partial charge < -0.3 is 25.4 Å². The minimum atomic E-state index is -0.260. The number of aromatic nitrogens is 1. The van der Waals surface area contributed by atoms with Crippen molar-refractivity contribution in [1.82, 2.24) is 20.9 Å². The Morgan fingerprint density at radius 3 is 2.86 bits per heavy atom. The number of hydrogen-bond acceptors (Lipinski definition) is 3. The number of carbonyl (C=O) groups excluding carboxylic acids is 1. The standard InChI is InChI=1S/C19H22FN5O2.HI/c1-21-19(25-12-18(26)24-11-15-3-2-8-27-15)22-7-6-13-10-23-17-9-14(20)4-5-16(13)17;/h2-5,8-10,23H,6-7,11-12H2,1H3,(H,24,26)(H2,21,22,25);1H. The van der Waals surface area contributed by atoms with Gasteiger partial charge in [-0.1, -0.05) is 0 Å². The third kappa shape index (κ3) is 5.98. The van der Waals surface area contributed by atoms with Gasteiger partial charge in [-0.15, -0.1) is 24.0 Å². The molecule has 0 unspecified atom stereocenters. The summed E-state index contributed by atoms with van der Waals surface area (Å²) in [6, 6.07) is 8.28. The highest BCUT2D eigenvalue weighted by Gasteiger charge is 2.07. The predicted octanol–water partition coefficient (Wildman–Crippen LogP) is 2.54. The summed E-state index contributed by atoms with van der Waals surface area (Å²) in [6.45, 7) is 1.07. The number of furan rings is 1. The Hall–Kier alpha value is -2.56. The van der Waals surface area contributed by atoms with Gasteiger partial charge in [0.05, 0.1) is 19.4 Å². The summed E-state index contributed by atoms with van der Waals surface area (Å²) in [4.78, 5) is 19.0. The molecule has 3 rings (SSSR count). The number of hydrogen-bond donors (Lipinski definition) is 4. The minimum Gasteiger partial charge on any atom is -0.467 e. The topological polar surface area (TPSA) is 94.5 Å². The van der Waals surface area contributed by atoms with Crippen molar-refractivity contribution in [1.29, 1.82) is 0 Å². The zero-order chi connectivity index (χ0) is 19.1. The van der Waals surface area contributed by atoms with Crippen molar-refractivity contribution in [3.63, 3.8) is 0 Å². The molecule has 2 aromatic heterocycles. The largest absolute Gasteiger partial charge is 0.467 e. The quantitative estimate of drug-likeness (QED) is 0.229. The third-order valence-corrected chi connectivity index (χ3v) is 4.10. The molecule has 1 aromatic carbocycles.